The maximum Gasteiger partial charge on any atom is 0.0340 e. The van der Waals surface area contributed by atoms with Crippen LogP contribution in [0.5, 0.6) is 0 Å². The summed E-state index contributed by atoms with van der Waals surface area (Å²) >= 11 is 0. The number of nitrogens with one attached hydrogen (secondary N) is 1. The van der Waals surface area contributed by atoms with E-state index < -0.39 is 0 Å². The van der Waals surface area contributed by atoms with Crippen molar-refractivity contribution in [1.82, 2.24) is 0 Å². The first-order valence-electron chi connectivity index (χ1n) is 10.5. The van der Waals surface area contributed by atoms with Gasteiger partial charge in [-0.1, -0.05) is 91.6 Å². The summed E-state index contributed by atoms with van der Waals surface area (Å²) in [6.07, 6.45) is 15.4. The fourth-order valence-electron chi connectivity index (χ4n) is 3.27. The van der Waals surface area contributed by atoms with E-state index in [-0.39, 0.29) is 0 Å². The normalized spacial score (nSPS) is 12.8. The summed E-state index contributed by atoms with van der Waals surface area (Å²) in [5, 5.41) is 3.50. The first kappa shape index (κ1) is 23.0. The Kier molecular flexibility index (Phi) is 9.40. The number of aryl methyl sites for hydroxylation is 1. The SMILES string of the molecule is C=CC(=C\C)/C(=C/C=C\c1cccc(/C(C=C)=C/C)c1)CCNc1ccc(C)cc1. The Balaban J connectivity index is 2.12. The summed E-state index contributed by atoms with van der Waals surface area (Å²) in [4.78, 5) is 0. The van der Waals surface area contributed by atoms with Crippen LogP contribution in [0.25, 0.3) is 11.6 Å². The molecule has 0 atom stereocenters. The van der Waals surface area contributed by atoms with Crippen LogP contribution >= 0.6 is 0 Å². The van der Waals surface area contributed by atoms with E-state index in [0.717, 1.165) is 24.2 Å². The van der Waals surface area contributed by atoms with Crippen LogP contribution in [0.15, 0.2) is 109 Å². The highest BCUT2D eigenvalue weighted by atomic mass is 14.9. The van der Waals surface area contributed by atoms with Gasteiger partial charge in [0, 0.05) is 12.2 Å². The van der Waals surface area contributed by atoms with Gasteiger partial charge in [0.15, 0.2) is 0 Å². The standard InChI is InChI=1S/C29H33N/c1-6-25(7-2)27(20-21-30-29-18-16-23(5)17-19-29)14-10-12-24-13-11-15-28(22-24)26(8-3)9-4/h6-19,22,30H,1,3,20-21H2,2,4-5H3/b12-10-,25-7+,26-9+,27-14+. The molecule has 0 aromatic heterocycles. The summed E-state index contributed by atoms with van der Waals surface area (Å²) in [6, 6.07) is 17.0. The van der Waals surface area contributed by atoms with Crippen LogP contribution in [0.3, 0.4) is 0 Å². The van der Waals surface area contributed by atoms with Crippen LogP contribution in [0.2, 0.25) is 0 Å². The van der Waals surface area contributed by atoms with Gasteiger partial charge in [0.05, 0.1) is 0 Å². The Labute approximate surface area is 182 Å². The van der Waals surface area contributed by atoms with Crippen LogP contribution in [0.1, 0.15) is 37.0 Å². The molecule has 0 heterocycles. The van der Waals surface area contributed by atoms with Crippen molar-refractivity contribution in [1.29, 1.82) is 0 Å². The second-order valence-electron chi connectivity index (χ2n) is 7.12. The molecule has 0 aliphatic heterocycles. The molecule has 2 rings (SSSR count). The minimum absolute atomic E-state index is 0.868. The Morgan fingerprint density at radius 2 is 1.73 bits per heavy atom. The predicted octanol–water partition coefficient (Wildman–Crippen LogP) is 8.16. The van der Waals surface area contributed by atoms with E-state index in [2.05, 4.69) is 111 Å². The van der Waals surface area contributed by atoms with E-state index in [1.807, 2.05) is 19.1 Å². The van der Waals surface area contributed by atoms with Gasteiger partial charge in [0.25, 0.3) is 0 Å². The first-order chi connectivity index (χ1) is 14.6. The Morgan fingerprint density at radius 3 is 2.37 bits per heavy atom. The van der Waals surface area contributed by atoms with E-state index in [0.29, 0.717) is 0 Å². The lowest BCUT2D eigenvalue weighted by molar-refractivity contribution is 1.01. The zero-order valence-electron chi connectivity index (χ0n) is 18.5. The Bertz CT molecular complexity index is 966. The molecule has 1 N–H and O–H groups in total. The first-order valence-corrected chi connectivity index (χ1v) is 10.5. The number of hydrogen-bond acceptors (Lipinski definition) is 1. The van der Waals surface area contributed by atoms with Gasteiger partial charge in [-0.05, 0) is 73.2 Å². The zero-order valence-corrected chi connectivity index (χ0v) is 18.5. The minimum atomic E-state index is 0.868. The molecule has 1 heteroatoms. The molecule has 2 aromatic rings. The molecule has 0 amide bonds. The molecule has 0 saturated heterocycles. The zero-order chi connectivity index (χ0) is 21.8. The maximum atomic E-state index is 3.98. The second kappa shape index (κ2) is 12.3. The number of rotatable bonds is 10. The molecule has 2 aromatic carbocycles. The van der Waals surface area contributed by atoms with Crippen molar-refractivity contribution in [2.45, 2.75) is 27.2 Å². The summed E-state index contributed by atoms with van der Waals surface area (Å²) in [5.41, 5.74) is 8.35. The summed E-state index contributed by atoms with van der Waals surface area (Å²) < 4.78 is 0. The number of benzene rings is 2. The Morgan fingerprint density at radius 1 is 0.967 bits per heavy atom. The van der Waals surface area contributed by atoms with Gasteiger partial charge in [0.1, 0.15) is 0 Å². The fraction of sp³-hybridized carbons (Fsp3) is 0.172. The highest BCUT2D eigenvalue weighted by Crippen LogP contribution is 2.19. The van der Waals surface area contributed by atoms with Gasteiger partial charge in [0.2, 0.25) is 0 Å². The third kappa shape index (κ3) is 6.93. The Hall–Kier alpha value is -3.32. The molecule has 0 radical (unpaired) electrons. The van der Waals surface area contributed by atoms with E-state index in [4.69, 9.17) is 0 Å². The topological polar surface area (TPSA) is 12.0 Å². The molecular weight excluding hydrogens is 362 g/mol. The van der Waals surface area contributed by atoms with Gasteiger partial charge in [-0.25, -0.2) is 0 Å². The smallest absolute Gasteiger partial charge is 0.0340 e. The van der Waals surface area contributed by atoms with E-state index in [9.17, 15) is 0 Å². The van der Waals surface area contributed by atoms with Crippen LogP contribution < -0.4 is 5.32 Å². The number of allylic oxidation sites excluding steroid dienone is 8. The average Bonchev–Trinajstić information content (AvgIpc) is 2.77. The molecule has 0 saturated carbocycles. The van der Waals surface area contributed by atoms with E-state index in [1.54, 1.807) is 0 Å². The minimum Gasteiger partial charge on any atom is -0.385 e. The molecule has 154 valence electrons. The molecule has 1 nitrogen and oxygen atoms in total. The molecule has 0 unspecified atom stereocenters. The predicted molar refractivity (Wildman–Crippen MR) is 136 cm³/mol. The molecular formula is C29H33N. The third-order valence-corrected chi connectivity index (χ3v) is 5.01. The molecule has 0 aliphatic rings. The monoisotopic (exact) mass is 395 g/mol. The largest absolute Gasteiger partial charge is 0.385 e. The molecule has 30 heavy (non-hydrogen) atoms. The van der Waals surface area contributed by atoms with Crippen molar-refractivity contribution < 1.29 is 0 Å². The van der Waals surface area contributed by atoms with Crippen molar-refractivity contribution in [2.75, 3.05) is 11.9 Å². The van der Waals surface area contributed by atoms with E-state index >= 15 is 0 Å². The second-order valence-corrected chi connectivity index (χ2v) is 7.12. The lowest BCUT2D eigenvalue weighted by Gasteiger charge is -2.10. The van der Waals surface area contributed by atoms with Crippen LogP contribution in [-0.2, 0) is 0 Å². The lowest BCUT2D eigenvalue weighted by Crippen LogP contribution is -2.03. The highest BCUT2D eigenvalue weighted by molar-refractivity contribution is 5.74. The molecule has 0 spiro atoms. The number of anilines is 1. The van der Waals surface area contributed by atoms with Crippen molar-refractivity contribution in [3.05, 3.63) is 126 Å². The molecule has 0 bridgehead atoms. The lowest BCUT2D eigenvalue weighted by atomic mass is 10.0. The van der Waals surface area contributed by atoms with Gasteiger partial charge >= 0.3 is 0 Å². The van der Waals surface area contributed by atoms with Crippen molar-refractivity contribution in [3.63, 3.8) is 0 Å². The van der Waals surface area contributed by atoms with Crippen LogP contribution in [0, 0.1) is 6.92 Å². The van der Waals surface area contributed by atoms with Crippen molar-refractivity contribution >= 4 is 17.3 Å². The quantitative estimate of drug-likeness (QED) is 0.400. The van der Waals surface area contributed by atoms with Gasteiger partial charge < -0.3 is 5.32 Å². The average molecular weight is 396 g/mol. The molecule has 0 fully saturated rings. The summed E-state index contributed by atoms with van der Waals surface area (Å²) in [5.74, 6) is 0. The summed E-state index contributed by atoms with van der Waals surface area (Å²) in [6.45, 7) is 14.9. The van der Waals surface area contributed by atoms with Crippen molar-refractivity contribution in [2.24, 2.45) is 0 Å². The van der Waals surface area contributed by atoms with Gasteiger partial charge in [-0.2, -0.15) is 0 Å². The summed E-state index contributed by atoms with van der Waals surface area (Å²) in [7, 11) is 0. The van der Waals surface area contributed by atoms with Crippen LogP contribution in [0.4, 0.5) is 5.69 Å². The van der Waals surface area contributed by atoms with Gasteiger partial charge in [-0.3, -0.25) is 0 Å². The van der Waals surface area contributed by atoms with Gasteiger partial charge in [-0.15, -0.1) is 0 Å². The maximum absolute atomic E-state index is 3.98. The van der Waals surface area contributed by atoms with Crippen LogP contribution in [-0.4, -0.2) is 6.54 Å². The molecule has 0 aliphatic carbocycles. The highest BCUT2D eigenvalue weighted by Gasteiger charge is 2.01. The fourth-order valence-corrected chi connectivity index (χ4v) is 3.27. The third-order valence-electron chi connectivity index (χ3n) is 5.01. The van der Waals surface area contributed by atoms with Crippen molar-refractivity contribution in [3.8, 4) is 0 Å². The van der Waals surface area contributed by atoms with E-state index in [1.165, 1.54) is 27.8 Å². The number of hydrogen-bond donors (Lipinski definition) is 1.